The number of aliphatic hydroxyl groups is 1. The molecule has 5 nitrogen and oxygen atoms in total. The van der Waals surface area contributed by atoms with Crippen molar-refractivity contribution in [1.29, 1.82) is 0 Å². The number of carbonyl (C=O) groups is 1. The summed E-state index contributed by atoms with van der Waals surface area (Å²) in [6.07, 6.45) is 0. The second-order valence-electron chi connectivity index (χ2n) is 4.81. The molecule has 0 fully saturated rings. The number of hydrogen-bond acceptors (Lipinski definition) is 5. The molecule has 1 aromatic heterocycles. The molecule has 0 aliphatic rings. The highest BCUT2D eigenvalue weighted by atomic mass is 32.1. The molecule has 3 N–H and O–H groups in total. The third-order valence-electron chi connectivity index (χ3n) is 3.51. The van der Waals surface area contributed by atoms with Gasteiger partial charge in [0.1, 0.15) is 5.69 Å². The van der Waals surface area contributed by atoms with Gasteiger partial charge in [0, 0.05) is 10.9 Å². The Balaban J connectivity index is 2.05. The van der Waals surface area contributed by atoms with Gasteiger partial charge >= 0.3 is 0 Å². The molecular formula is C16H13N3O2S. The largest absolute Gasteiger partial charge is 0.372 e. The summed E-state index contributed by atoms with van der Waals surface area (Å²) >= 11 is 1.26. The van der Waals surface area contributed by atoms with E-state index < -0.39 is 11.5 Å². The summed E-state index contributed by atoms with van der Waals surface area (Å²) in [4.78, 5) is 11.9. The number of benzene rings is 2. The molecule has 1 atom stereocenters. The zero-order valence-electron chi connectivity index (χ0n) is 11.5. The highest BCUT2D eigenvalue weighted by molar-refractivity contribution is 7.03. The Kier molecular flexibility index (Phi) is 3.70. The molecule has 1 heterocycles. The van der Waals surface area contributed by atoms with Gasteiger partial charge in [-0.2, -0.15) is 0 Å². The maximum Gasteiger partial charge on any atom is 0.258 e. The van der Waals surface area contributed by atoms with Crippen LogP contribution in [0.25, 0.3) is 11.3 Å². The summed E-state index contributed by atoms with van der Waals surface area (Å²) in [5.41, 5.74) is 6.06. The van der Waals surface area contributed by atoms with Gasteiger partial charge in [0.2, 0.25) is 0 Å². The van der Waals surface area contributed by atoms with Crippen LogP contribution in [0.3, 0.4) is 0 Å². The van der Waals surface area contributed by atoms with Gasteiger partial charge in [-0.05, 0) is 22.7 Å². The number of amides is 1. The summed E-state index contributed by atoms with van der Waals surface area (Å²) in [6.45, 7) is 0. The summed E-state index contributed by atoms with van der Waals surface area (Å²) in [5, 5.41) is 16.7. The Morgan fingerprint density at radius 2 is 1.68 bits per heavy atom. The predicted octanol–water partition coefficient (Wildman–Crippen LogP) is 1.93. The van der Waals surface area contributed by atoms with Crippen molar-refractivity contribution in [2.45, 2.75) is 5.60 Å². The van der Waals surface area contributed by atoms with Crippen molar-refractivity contribution in [3.63, 3.8) is 0 Å². The summed E-state index contributed by atoms with van der Waals surface area (Å²) in [5.74, 6) is -0.818. The van der Waals surface area contributed by atoms with E-state index in [0.717, 1.165) is 11.3 Å². The molecule has 0 bridgehead atoms. The molecule has 0 radical (unpaired) electrons. The lowest BCUT2D eigenvalue weighted by molar-refractivity contribution is -0.133. The summed E-state index contributed by atoms with van der Waals surface area (Å²) in [7, 11) is 0. The molecule has 2 aromatic carbocycles. The van der Waals surface area contributed by atoms with E-state index in [0.29, 0.717) is 11.1 Å². The van der Waals surface area contributed by atoms with E-state index >= 15 is 0 Å². The van der Waals surface area contributed by atoms with E-state index in [1.54, 1.807) is 48.5 Å². The Labute approximate surface area is 131 Å². The maximum absolute atomic E-state index is 11.9. The fourth-order valence-corrected chi connectivity index (χ4v) is 2.77. The molecule has 1 amide bonds. The number of carbonyl (C=O) groups excluding carboxylic acids is 1. The molecule has 3 aromatic rings. The zero-order chi connectivity index (χ0) is 15.6. The number of rotatable bonds is 4. The molecule has 6 heteroatoms. The Bertz CT molecular complexity index is 773. The molecule has 22 heavy (non-hydrogen) atoms. The van der Waals surface area contributed by atoms with Crippen LogP contribution in [0.15, 0.2) is 60.0 Å². The molecule has 3 rings (SSSR count). The molecule has 0 saturated heterocycles. The first-order chi connectivity index (χ1) is 10.6. The Morgan fingerprint density at radius 3 is 2.23 bits per heavy atom. The van der Waals surface area contributed by atoms with Crippen LogP contribution >= 0.6 is 11.5 Å². The van der Waals surface area contributed by atoms with E-state index in [4.69, 9.17) is 5.73 Å². The Hall–Kier alpha value is -2.57. The highest BCUT2D eigenvalue weighted by Crippen LogP contribution is 2.30. The van der Waals surface area contributed by atoms with Crippen LogP contribution in [0.2, 0.25) is 0 Å². The van der Waals surface area contributed by atoms with Gasteiger partial charge in [0.25, 0.3) is 5.91 Å². The summed E-state index contributed by atoms with van der Waals surface area (Å²) < 4.78 is 3.81. The van der Waals surface area contributed by atoms with E-state index in [1.165, 1.54) is 11.5 Å². The fraction of sp³-hybridized carbons (Fsp3) is 0.0625. The monoisotopic (exact) mass is 311 g/mol. The molecule has 0 spiro atoms. The average molecular weight is 311 g/mol. The lowest BCUT2D eigenvalue weighted by atomic mass is 9.85. The third-order valence-corrected chi connectivity index (χ3v) is 4.01. The SMILES string of the molecule is NC(=O)C(O)(c1ccccc1)c1ccc(-c2csnn2)cc1. The van der Waals surface area contributed by atoms with Gasteiger partial charge in [-0.1, -0.05) is 59.1 Å². The van der Waals surface area contributed by atoms with Crippen molar-refractivity contribution >= 4 is 17.4 Å². The topological polar surface area (TPSA) is 89.1 Å². The Morgan fingerprint density at radius 1 is 1.05 bits per heavy atom. The number of hydrogen-bond donors (Lipinski definition) is 2. The van der Waals surface area contributed by atoms with Crippen LogP contribution in [0, 0.1) is 0 Å². The average Bonchev–Trinajstić information content (AvgIpc) is 3.09. The number of nitrogens with zero attached hydrogens (tertiary/aromatic N) is 2. The fourth-order valence-electron chi connectivity index (χ4n) is 2.30. The lowest BCUT2D eigenvalue weighted by Crippen LogP contribution is -2.42. The van der Waals surface area contributed by atoms with Gasteiger partial charge in [-0.3, -0.25) is 4.79 Å². The van der Waals surface area contributed by atoms with Crippen LogP contribution in [0.1, 0.15) is 11.1 Å². The minimum Gasteiger partial charge on any atom is -0.372 e. The second-order valence-corrected chi connectivity index (χ2v) is 5.42. The molecule has 0 aliphatic carbocycles. The van der Waals surface area contributed by atoms with Crippen molar-refractivity contribution in [2.75, 3.05) is 0 Å². The van der Waals surface area contributed by atoms with E-state index in [2.05, 4.69) is 9.59 Å². The standard InChI is InChI=1S/C16H13N3O2S/c17-15(20)16(21,12-4-2-1-3-5-12)13-8-6-11(7-9-13)14-10-22-19-18-14/h1-10,21H,(H2,17,20). The normalized spacial score (nSPS) is 13.5. The maximum atomic E-state index is 11.9. The second kappa shape index (κ2) is 5.67. The van der Waals surface area contributed by atoms with Crippen molar-refractivity contribution in [3.8, 4) is 11.3 Å². The van der Waals surface area contributed by atoms with E-state index in [-0.39, 0.29) is 0 Å². The van der Waals surface area contributed by atoms with E-state index in [1.807, 2.05) is 11.4 Å². The van der Waals surface area contributed by atoms with Gasteiger partial charge < -0.3 is 10.8 Å². The minimum absolute atomic E-state index is 0.415. The first-order valence-corrected chi connectivity index (χ1v) is 7.42. The van der Waals surface area contributed by atoms with Crippen LogP contribution in [0.4, 0.5) is 0 Å². The van der Waals surface area contributed by atoms with Crippen LogP contribution in [-0.4, -0.2) is 20.6 Å². The number of aromatic nitrogens is 2. The third kappa shape index (κ3) is 2.38. The van der Waals surface area contributed by atoms with Gasteiger partial charge in [0.05, 0.1) is 0 Å². The number of primary amides is 1. The smallest absolute Gasteiger partial charge is 0.258 e. The molecule has 1 unspecified atom stereocenters. The summed E-state index contributed by atoms with van der Waals surface area (Å²) in [6, 6.07) is 15.6. The predicted molar refractivity (Wildman–Crippen MR) is 84.0 cm³/mol. The van der Waals surface area contributed by atoms with Crippen molar-refractivity contribution in [1.82, 2.24) is 9.59 Å². The first kappa shape index (κ1) is 14.4. The van der Waals surface area contributed by atoms with E-state index in [9.17, 15) is 9.90 Å². The number of nitrogens with two attached hydrogens (primary N) is 1. The quantitative estimate of drug-likeness (QED) is 0.770. The van der Waals surface area contributed by atoms with Crippen LogP contribution in [-0.2, 0) is 10.4 Å². The first-order valence-electron chi connectivity index (χ1n) is 6.58. The molecule has 0 saturated carbocycles. The van der Waals surface area contributed by atoms with Gasteiger partial charge in [-0.25, -0.2) is 0 Å². The van der Waals surface area contributed by atoms with Crippen molar-refractivity contribution in [2.24, 2.45) is 5.73 Å². The molecule has 110 valence electrons. The van der Waals surface area contributed by atoms with Crippen LogP contribution < -0.4 is 5.73 Å². The molecule has 0 aliphatic heterocycles. The van der Waals surface area contributed by atoms with Gasteiger partial charge in [0.15, 0.2) is 5.60 Å². The molecular weight excluding hydrogens is 298 g/mol. The van der Waals surface area contributed by atoms with Crippen LogP contribution in [0.5, 0.6) is 0 Å². The van der Waals surface area contributed by atoms with Gasteiger partial charge in [-0.15, -0.1) is 5.10 Å². The van der Waals surface area contributed by atoms with Crippen molar-refractivity contribution in [3.05, 3.63) is 71.1 Å². The zero-order valence-corrected chi connectivity index (χ0v) is 12.3. The minimum atomic E-state index is -1.86. The van der Waals surface area contributed by atoms with Crippen molar-refractivity contribution < 1.29 is 9.90 Å². The highest BCUT2D eigenvalue weighted by Gasteiger charge is 2.37. The lowest BCUT2D eigenvalue weighted by Gasteiger charge is -2.25.